The monoisotopic (exact) mass is 422 g/mol. The van der Waals surface area contributed by atoms with Crippen LogP contribution < -0.4 is 0 Å². The van der Waals surface area contributed by atoms with E-state index in [-0.39, 0.29) is 10.9 Å². The first-order valence-corrected chi connectivity index (χ1v) is 10.2. The molecule has 0 heterocycles. The Labute approximate surface area is 164 Å². The van der Waals surface area contributed by atoms with Gasteiger partial charge in [0.1, 0.15) is 5.78 Å². The van der Waals surface area contributed by atoms with Crippen molar-refractivity contribution in [3.05, 3.63) is 58.6 Å². The zero-order valence-electron chi connectivity index (χ0n) is 15.3. The normalized spacial score (nSPS) is 14.0. The van der Waals surface area contributed by atoms with Gasteiger partial charge in [-0.3, -0.25) is 9.59 Å². The number of carbonyl (C=O) groups excluding carboxylic acids is 2. The zero-order valence-corrected chi connectivity index (χ0v) is 17.7. The quantitative estimate of drug-likeness (QED) is 0.328. The lowest BCUT2D eigenvalue weighted by molar-refractivity contribution is -0.118. The molecule has 0 unspecified atom stereocenters. The van der Waals surface area contributed by atoms with Gasteiger partial charge in [-0.2, -0.15) is 0 Å². The summed E-state index contributed by atoms with van der Waals surface area (Å²) in [6.07, 6.45) is 8.02. The van der Waals surface area contributed by atoms with Gasteiger partial charge in [0.25, 0.3) is 0 Å². The van der Waals surface area contributed by atoms with Crippen LogP contribution in [-0.4, -0.2) is 15.6 Å². The largest absolute Gasteiger partial charge is 0.298 e. The third-order valence-electron chi connectivity index (χ3n) is 4.11. The number of rotatable bonds is 10. The number of thioether (sulfide) groups is 1. The van der Waals surface area contributed by atoms with Gasteiger partial charge in [-0.15, -0.1) is 0 Å². The Balaban J connectivity index is 2.39. The van der Waals surface area contributed by atoms with Gasteiger partial charge < -0.3 is 0 Å². The topological polar surface area (TPSA) is 34.1 Å². The summed E-state index contributed by atoms with van der Waals surface area (Å²) in [5.74, 6) is -0.0118. The molecule has 0 saturated carbocycles. The highest BCUT2D eigenvalue weighted by atomic mass is 79.9. The summed E-state index contributed by atoms with van der Waals surface area (Å²) < 4.78 is 0.292. The van der Waals surface area contributed by atoms with E-state index in [1.807, 2.05) is 13.0 Å². The van der Waals surface area contributed by atoms with Crippen molar-refractivity contribution in [2.24, 2.45) is 0 Å². The Kier molecular flexibility index (Phi) is 9.44. The van der Waals surface area contributed by atoms with Crippen LogP contribution in [0.15, 0.2) is 53.0 Å². The van der Waals surface area contributed by atoms with E-state index in [1.54, 1.807) is 13.0 Å². The second-order valence-corrected chi connectivity index (χ2v) is 8.84. The van der Waals surface area contributed by atoms with Crippen LogP contribution in [0.5, 0.6) is 0 Å². The molecule has 0 aromatic heterocycles. The Morgan fingerprint density at radius 3 is 2.36 bits per heavy atom. The highest BCUT2D eigenvalue weighted by Crippen LogP contribution is 2.31. The molecule has 0 saturated heterocycles. The Hall–Kier alpha value is -1.13. The molecule has 1 aromatic carbocycles. The average molecular weight is 423 g/mol. The van der Waals surface area contributed by atoms with Crippen molar-refractivity contribution >= 4 is 38.6 Å². The van der Waals surface area contributed by atoms with Gasteiger partial charge >= 0.3 is 0 Å². The van der Waals surface area contributed by atoms with E-state index < -0.39 is 4.75 Å². The van der Waals surface area contributed by atoms with Crippen LogP contribution >= 0.6 is 27.7 Å². The molecular weight excluding hydrogens is 396 g/mol. The number of aryl methyl sites for hydroxylation is 1. The van der Waals surface area contributed by atoms with Gasteiger partial charge in [0, 0.05) is 10.9 Å². The molecule has 0 N–H and O–H groups in total. The standard InChI is InChI=1S/C21H27BrO2S/c1-5-16(2)15-21(4,17(3)23)25-20(24)10-8-6-7-9-18-11-13-19(22)14-12-18/h5,11-15H,1,6-10H2,2-4H3/b16-15+/t21-/m1/s1. The van der Waals surface area contributed by atoms with Crippen molar-refractivity contribution in [2.45, 2.75) is 57.6 Å². The summed E-state index contributed by atoms with van der Waals surface area (Å²) in [6, 6.07) is 8.35. The molecule has 1 rings (SSSR count). The fourth-order valence-corrected chi connectivity index (χ4v) is 3.78. The predicted molar refractivity (Wildman–Crippen MR) is 112 cm³/mol. The van der Waals surface area contributed by atoms with Crippen LogP contribution in [0.3, 0.4) is 0 Å². The molecule has 0 spiro atoms. The van der Waals surface area contributed by atoms with Crippen molar-refractivity contribution in [1.82, 2.24) is 0 Å². The summed E-state index contributed by atoms with van der Waals surface area (Å²) in [7, 11) is 0. The second-order valence-electron chi connectivity index (χ2n) is 6.42. The van der Waals surface area contributed by atoms with Gasteiger partial charge in [-0.05, 0) is 57.7 Å². The fourth-order valence-electron chi connectivity index (χ4n) is 2.41. The number of unbranched alkanes of at least 4 members (excludes halogenated alkanes) is 2. The van der Waals surface area contributed by atoms with Gasteiger partial charge in [-0.25, -0.2) is 0 Å². The van der Waals surface area contributed by atoms with Crippen molar-refractivity contribution < 1.29 is 9.59 Å². The van der Waals surface area contributed by atoms with Crippen LogP contribution in [0.4, 0.5) is 0 Å². The molecule has 0 aliphatic rings. The first-order valence-electron chi connectivity index (χ1n) is 8.56. The van der Waals surface area contributed by atoms with Gasteiger partial charge in [0.15, 0.2) is 5.12 Å². The van der Waals surface area contributed by atoms with E-state index in [1.165, 1.54) is 12.5 Å². The number of hydrogen-bond donors (Lipinski definition) is 0. The fraction of sp³-hybridized carbons (Fsp3) is 0.429. The number of hydrogen-bond acceptors (Lipinski definition) is 3. The minimum Gasteiger partial charge on any atom is -0.298 e. The first kappa shape index (κ1) is 21.9. The number of halogens is 1. The number of Topliss-reactive ketones (excluding diaryl/α,β-unsaturated/α-hetero) is 1. The van der Waals surface area contributed by atoms with E-state index in [2.05, 4.69) is 46.8 Å². The maximum atomic E-state index is 12.3. The minimum absolute atomic E-state index is 0.0118. The van der Waals surface area contributed by atoms with Gasteiger partial charge in [-0.1, -0.05) is 70.5 Å². The summed E-state index contributed by atoms with van der Waals surface area (Å²) in [4.78, 5) is 24.2. The Bertz CT molecular complexity index is 634. The number of allylic oxidation sites excluding steroid dienone is 2. The lowest BCUT2D eigenvalue weighted by atomic mass is 10.0. The van der Waals surface area contributed by atoms with Crippen LogP contribution in [0.2, 0.25) is 0 Å². The van der Waals surface area contributed by atoms with E-state index in [0.717, 1.165) is 47.5 Å². The Morgan fingerprint density at radius 1 is 1.16 bits per heavy atom. The van der Waals surface area contributed by atoms with Crippen molar-refractivity contribution in [3.8, 4) is 0 Å². The summed E-state index contributed by atoms with van der Waals surface area (Å²) in [6.45, 7) is 8.93. The number of benzene rings is 1. The van der Waals surface area contributed by atoms with Crippen LogP contribution in [0.25, 0.3) is 0 Å². The van der Waals surface area contributed by atoms with E-state index >= 15 is 0 Å². The molecule has 1 aromatic rings. The van der Waals surface area contributed by atoms with Crippen molar-refractivity contribution in [3.63, 3.8) is 0 Å². The average Bonchev–Trinajstić information content (AvgIpc) is 2.55. The smallest absolute Gasteiger partial charge is 0.190 e. The Morgan fingerprint density at radius 2 is 1.80 bits per heavy atom. The lowest BCUT2D eigenvalue weighted by Crippen LogP contribution is -2.29. The molecule has 0 amide bonds. The molecule has 0 aliphatic carbocycles. The van der Waals surface area contributed by atoms with Crippen molar-refractivity contribution in [2.75, 3.05) is 0 Å². The first-order chi connectivity index (χ1) is 11.8. The maximum Gasteiger partial charge on any atom is 0.190 e. The van der Waals surface area contributed by atoms with Crippen LogP contribution in [0, 0.1) is 0 Å². The molecule has 0 fully saturated rings. The summed E-state index contributed by atoms with van der Waals surface area (Å²) in [5.41, 5.74) is 2.23. The van der Waals surface area contributed by atoms with Gasteiger partial charge in [0.2, 0.25) is 0 Å². The molecule has 0 radical (unpaired) electrons. The second kappa shape index (κ2) is 10.8. The highest BCUT2D eigenvalue weighted by Gasteiger charge is 2.30. The predicted octanol–water partition coefficient (Wildman–Crippen LogP) is 6.29. The molecule has 4 heteroatoms. The van der Waals surface area contributed by atoms with Crippen LogP contribution in [0.1, 0.15) is 52.0 Å². The lowest BCUT2D eigenvalue weighted by Gasteiger charge is -2.22. The third-order valence-corrected chi connectivity index (χ3v) is 5.90. The van der Waals surface area contributed by atoms with Crippen LogP contribution in [-0.2, 0) is 16.0 Å². The minimum atomic E-state index is -0.799. The third kappa shape index (κ3) is 8.19. The SMILES string of the molecule is C=C/C(C)=C/[C@@](C)(SC(=O)CCCCCc1ccc(Br)cc1)C(C)=O. The molecule has 0 bridgehead atoms. The summed E-state index contributed by atoms with van der Waals surface area (Å²) in [5, 5.41) is 0.0782. The van der Waals surface area contributed by atoms with Gasteiger partial charge in [0.05, 0.1) is 4.75 Å². The zero-order chi connectivity index (χ0) is 18.9. The molecule has 0 aliphatic heterocycles. The van der Waals surface area contributed by atoms with E-state index in [0.29, 0.717) is 6.42 Å². The number of carbonyl (C=O) groups is 2. The molecule has 1 atom stereocenters. The molecule has 2 nitrogen and oxygen atoms in total. The van der Waals surface area contributed by atoms with Crippen molar-refractivity contribution in [1.29, 1.82) is 0 Å². The molecular formula is C21H27BrO2S. The number of ketones is 1. The van der Waals surface area contributed by atoms with E-state index in [4.69, 9.17) is 0 Å². The maximum absolute atomic E-state index is 12.3. The molecule has 136 valence electrons. The summed E-state index contributed by atoms with van der Waals surface area (Å²) >= 11 is 4.57. The molecule has 25 heavy (non-hydrogen) atoms. The van der Waals surface area contributed by atoms with E-state index in [9.17, 15) is 9.59 Å². The highest BCUT2D eigenvalue weighted by molar-refractivity contribution is 9.10.